The van der Waals surface area contributed by atoms with Gasteiger partial charge in [0, 0.05) is 26.0 Å². The highest BCUT2D eigenvalue weighted by Crippen LogP contribution is 2.23. The van der Waals surface area contributed by atoms with Crippen LogP contribution in [0.15, 0.2) is 42.7 Å². The fourth-order valence-electron chi connectivity index (χ4n) is 2.10. The molecular formula is C16H20ClN3O2. The topological polar surface area (TPSA) is 47.4 Å². The summed E-state index contributed by atoms with van der Waals surface area (Å²) in [7, 11) is 1.79. The van der Waals surface area contributed by atoms with Gasteiger partial charge in [0.1, 0.15) is 11.8 Å². The second-order valence-corrected chi connectivity index (χ2v) is 5.46. The van der Waals surface area contributed by atoms with Crippen LogP contribution in [0.3, 0.4) is 0 Å². The van der Waals surface area contributed by atoms with E-state index in [-0.39, 0.29) is 11.9 Å². The Kier molecular flexibility index (Phi) is 5.83. The van der Waals surface area contributed by atoms with Crippen LogP contribution >= 0.6 is 11.6 Å². The molecule has 0 fully saturated rings. The molecule has 0 saturated carbocycles. The average Bonchev–Trinajstić information content (AvgIpc) is 3.05. The normalized spacial score (nSPS) is 12.0. The molecule has 1 amide bonds. The summed E-state index contributed by atoms with van der Waals surface area (Å²) in [6, 6.07) is 8.86. The molecule has 2 rings (SSSR count). The van der Waals surface area contributed by atoms with Crippen molar-refractivity contribution in [1.82, 2.24) is 14.7 Å². The van der Waals surface area contributed by atoms with E-state index in [0.29, 0.717) is 23.9 Å². The van der Waals surface area contributed by atoms with Gasteiger partial charge in [0.2, 0.25) is 5.91 Å². The molecule has 0 aliphatic heterocycles. The molecule has 1 atom stereocenters. The van der Waals surface area contributed by atoms with Crippen LogP contribution in [0, 0.1) is 0 Å². The van der Waals surface area contributed by atoms with Crippen LogP contribution in [-0.4, -0.2) is 40.8 Å². The number of rotatable bonds is 7. The predicted octanol–water partition coefficient (Wildman–Crippen LogP) is 3.03. The summed E-state index contributed by atoms with van der Waals surface area (Å²) in [5.41, 5.74) is 0. The quantitative estimate of drug-likeness (QED) is 0.736. The van der Waals surface area contributed by atoms with E-state index in [1.807, 2.05) is 25.1 Å². The van der Waals surface area contributed by atoms with Crippen LogP contribution in [0.4, 0.5) is 0 Å². The standard InChI is InChI=1S/C16H20ClN3O2/c1-13(20-11-5-9-18-20)16(21)19(2)10-6-12-22-15-8-4-3-7-14(15)17/h3-5,7-9,11,13H,6,10,12H2,1-2H3/t13-/m1/s1. The fraction of sp³-hybridized carbons (Fsp3) is 0.375. The SMILES string of the molecule is C[C@H](C(=O)N(C)CCCOc1ccccc1Cl)n1cccn1. The Morgan fingerprint density at radius 3 is 2.86 bits per heavy atom. The molecule has 0 N–H and O–H groups in total. The lowest BCUT2D eigenvalue weighted by Gasteiger charge is -2.21. The molecule has 0 bridgehead atoms. The Hall–Kier alpha value is -2.01. The molecule has 118 valence electrons. The summed E-state index contributed by atoms with van der Waals surface area (Å²) in [6.07, 6.45) is 4.19. The first kappa shape index (κ1) is 16.4. The molecule has 0 aliphatic rings. The molecule has 0 unspecified atom stereocenters. The number of amides is 1. The Labute approximate surface area is 135 Å². The molecule has 6 heteroatoms. The number of carbonyl (C=O) groups excluding carboxylic acids is 1. The van der Waals surface area contributed by atoms with Crippen molar-refractivity contribution < 1.29 is 9.53 Å². The number of nitrogens with zero attached hydrogens (tertiary/aromatic N) is 3. The zero-order valence-corrected chi connectivity index (χ0v) is 13.5. The van der Waals surface area contributed by atoms with Gasteiger partial charge in [-0.15, -0.1) is 0 Å². The first-order valence-electron chi connectivity index (χ1n) is 7.21. The Balaban J connectivity index is 1.74. The van der Waals surface area contributed by atoms with Gasteiger partial charge in [-0.25, -0.2) is 0 Å². The van der Waals surface area contributed by atoms with Gasteiger partial charge in [-0.1, -0.05) is 23.7 Å². The average molecular weight is 322 g/mol. The van der Waals surface area contributed by atoms with Crippen molar-refractivity contribution in [1.29, 1.82) is 0 Å². The molecule has 0 spiro atoms. The van der Waals surface area contributed by atoms with Gasteiger partial charge in [-0.3, -0.25) is 9.48 Å². The van der Waals surface area contributed by atoms with E-state index >= 15 is 0 Å². The molecule has 5 nitrogen and oxygen atoms in total. The molecule has 2 aromatic rings. The third-order valence-corrected chi connectivity index (χ3v) is 3.70. The predicted molar refractivity (Wildman–Crippen MR) is 86.1 cm³/mol. The van der Waals surface area contributed by atoms with Crippen molar-refractivity contribution in [2.24, 2.45) is 0 Å². The summed E-state index contributed by atoms with van der Waals surface area (Å²) < 4.78 is 7.26. The minimum atomic E-state index is -0.301. The van der Waals surface area contributed by atoms with Gasteiger partial charge < -0.3 is 9.64 Å². The summed E-state index contributed by atoms with van der Waals surface area (Å²) in [6.45, 7) is 2.97. The maximum atomic E-state index is 12.3. The van der Waals surface area contributed by atoms with Crippen molar-refractivity contribution >= 4 is 17.5 Å². The number of benzene rings is 1. The van der Waals surface area contributed by atoms with E-state index in [1.54, 1.807) is 41.2 Å². The van der Waals surface area contributed by atoms with Gasteiger partial charge in [0.05, 0.1) is 11.6 Å². The lowest BCUT2D eigenvalue weighted by molar-refractivity contribution is -0.133. The van der Waals surface area contributed by atoms with Crippen LogP contribution in [0.5, 0.6) is 5.75 Å². The van der Waals surface area contributed by atoms with Crippen molar-refractivity contribution in [3.8, 4) is 5.75 Å². The lowest BCUT2D eigenvalue weighted by Crippen LogP contribution is -2.34. The van der Waals surface area contributed by atoms with Gasteiger partial charge in [-0.05, 0) is 31.5 Å². The molecule has 0 aliphatic carbocycles. The van der Waals surface area contributed by atoms with Crippen LogP contribution in [0.2, 0.25) is 5.02 Å². The Bertz CT molecular complexity index is 601. The summed E-state index contributed by atoms with van der Waals surface area (Å²) >= 11 is 6.02. The second kappa shape index (κ2) is 7.84. The van der Waals surface area contributed by atoms with E-state index in [9.17, 15) is 4.79 Å². The zero-order chi connectivity index (χ0) is 15.9. The number of halogens is 1. The largest absolute Gasteiger partial charge is 0.492 e. The highest BCUT2D eigenvalue weighted by Gasteiger charge is 2.18. The molecular weight excluding hydrogens is 302 g/mol. The molecule has 1 aromatic carbocycles. The van der Waals surface area contributed by atoms with Crippen molar-refractivity contribution in [3.05, 3.63) is 47.7 Å². The van der Waals surface area contributed by atoms with Gasteiger partial charge in [-0.2, -0.15) is 5.10 Å². The van der Waals surface area contributed by atoms with Crippen LogP contribution in [0.25, 0.3) is 0 Å². The van der Waals surface area contributed by atoms with Crippen molar-refractivity contribution in [2.75, 3.05) is 20.2 Å². The number of aromatic nitrogens is 2. The van der Waals surface area contributed by atoms with Gasteiger partial charge in [0.25, 0.3) is 0 Å². The fourth-order valence-corrected chi connectivity index (χ4v) is 2.29. The third kappa shape index (κ3) is 4.24. The van der Waals surface area contributed by atoms with Crippen LogP contribution < -0.4 is 4.74 Å². The number of likely N-dealkylation sites (N-methyl/N-ethyl adjacent to an activating group) is 1. The van der Waals surface area contributed by atoms with Crippen molar-refractivity contribution in [2.45, 2.75) is 19.4 Å². The highest BCUT2D eigenvalue weighted by atomic mass is 35.5. The van der Waals surface area contributed by atoms with E-state index in [1.165, 1.54) is 0 Å². The third-order valence-electron chi connectivity index (χ3n) is 3.39. The second-order valence-electron chi connectivity index (χ2n) is 5.05. The highest BCUT2D eigenvalue weighted by molar-refractivity contribution is 6.32. The van der Waals surface area contributed by atoms with E-state index in [2.05, 4.69) is 5.10 Å². The minimum absolute atomic E-state index is 0.0291. The summed E-state index contributed by atoms with van der Waals surface area (Å²) in [5.74, 6) is 0.699. The maximum absolute atomic E-state index is 12.3. The zero-order valence-electron chi connectivity index (χ0n) is 12.8. The molecule has 1 aromatic heterocycles. The molecule has 0 radical (unpaired) electrons. The number of para-hydroxylation sites is 1. The van der Waals surface area contributed by atoms with E-state index in [4.69, 9.17) is 16.3 Å². The van der Waals surface area contributed by atoms with Crippen molar-refractivity contribution in [3.63, 3.8) is 0 Å². The summed E-state index contributed by atoms with van der Waals surface area (Å²) in [5, 5.41) is 4.69. The van der Waals surface area contributed by atoms with Crippen LogP contribution in [0.1, 0.15) is 19.4 Å². The number of ether oxygens (including phenoxy) is 1. The van der Waals surface area contributed by atoms with E-state index in [0.717, 1.165) is 6.42 Å². The first-order chi connectivity index (χ1) is 10.6. The maximum Gasteiger partial charge on any atom is 0.246 e. The lowest BCUT2D eigenvalue weighted by atomic mass is 10.3. The van der Waals surface area contributed by atoms with E-state index < -0.39 is 0 Å². The number of hydrogen-bond donors (Lipinski definition) is 0. The number of carbonyl (C=O) groups is 1. The first-order valence-corrected chi connectivity index (χ1v) is 7.59. The molecule has 0 saturated heterocycles. The Morgan fingerprint density at radius 1 is 1.41 bits per heavy atom. The monoisotopic (exact) mass is 321 g/mol. The number of hydrogen-bond acceptors (Lipinski definition) is 3. The van der Waals surface area contributed by atoms with Crippen LogP contribution in [-0.2, 0) is 4.79 Å². The van der Waals surface area contributed by atoms with Gasteiger partial charge in [0.15, 0.2) is 0 Å². The van der Waals surface area contributed by atoms with Gasteiger partial charge >= 0.3 is 0 Å². The molecule has 1 heterocycles. The Morgan fingerprint density at radius 2 is 2.18 bits per heavy atom. The minimum Gasteiger partial charge on any atom is -0.492 e. The summed E-state index contributed by atoms with van der Waals surface area (Å²) in [4.78, 5) is 14.0. The molecule has 22 heavy (non-hydrogen) atoms. The smallest absolute Gasteiger partial charge is 0.246 e.